The lowest BCUT2D eigenvalue weighted by Crippen LogP contribution is -2.12. The van der Waals surface area contributed by atoms with E-state index in [-0.39, 0.29) is 0 Å². The third-order valence-electron chi connectivity index (χ3n) is 14.6. The van der Waals surface area contributed by atoms with E-state index in [1.807, 2.05) is 36.4 Å². The summed E-state index contributed by atoms with van der Waals surface area (Å²) in [5.41, 5.74) is 22.4. The third-order valence-corrected chi connectivity index (χ3v) is 14.6. The highest BCUT2D eigenvalue weighted by atomic mass is 15.1. The summed E-state index contributed by atoms with van der Waals surface area (Å²) >= 11 is 0. The highest BCUT2D eigenvalue weighted by molar-refractivity contribution is 6.15. The van der Waals surface area contributed by atoms with Gasteiger partial charge in [0.05, 0.1) is 55.7 Å². The summed E-state index contributed by atoms with van der Waals surface area (Å²) in [5, 5.41) is 5.98. The van der Waals surface area contributed by atoms with Crippen molar-refractivity contribution in [2.45, 2.75) is 41.0 Å². The second-order valence-corrected chi connectivity index (χ2v) is 18.9. The molecule has 7 nitrogen and oxygen atoms in total. The molecule has 0 spiro atoms. The van der Waals surface area contributed by atoms with Gasteiger partial charge < -0.3 is 13.7 Å². The SMILES string of the molecule is Cc1cccc2c3cccc(C)c3n(-c3cc(-c4nc(-c5ccccc5)nc(-c5ccccc5)n4)cc(-n4c5c(C)cccc5c5cccc(C)c54)c3-n3c4c(C)cccc4c4ncc5c(c43)C5)c12. The molecule has 5 heterocycles. The predicted octanol–water partition coefficient (Wildman–Crippen LogP) is 15.0. The first-order chi connectivity index (χ1) is 33.8. The van der Waals surface area contributed by atoms with E-state index in [1.165, 1.54) is 60.5 Å². The fourth-order valence-corrected chi connectivity index (χ4v) is 11.4. The van der Waals surface area contributed by atoms with Gasteiger partial charge in [-0.1, -0.05) is 152 Å². The van der Waals surface area contributed by atoms with Crippen molar-refractivity contribution >= 4 is 65.5 Å². The second kappa shape index (κ2) is 14.7. The normalized spacial score (nSPS) is 12.4. The number of hydrogen-bond acceptors (Lipinski definition) is 4. The lowest BCUT2D eigenvalue weighted by Gasteiger charge is -2.25. The van der Waals surface area contributed by atoms with Crippen molar-refractivity contribution in [3.63, 3.8) is 0 Å². The summed E-state index contributed by atoms with van der Waals surface area (Å²) in [5.74, 6) is 1.82. The van der Waals surface area contributed by atoms with Crippen molar-refractivity contribution < 1.29 is 0 Å². The molecule has 0 bridgehead atoms. The van der Waals surface area contributed by atoms with Crippen LogP contribution in [0.2, 0.25) is 0 Å². The molecular formula is C62H45N7. The summed E-state index contributed by atoms with van der Waals surface area (Å²) < 4.78 is 7.68. The van der Waals surface area contributed by atoms with Crippen LogP contribution in [0.15, 0.2) is 170 Å². The standard InChI is InChI=1S/C62H45N7/c1-35-17-12-26-44-45-27-13-18-36(2)54(45)67(53(35)44)50-32-42(62-65-60(40-22-8-6-9-23-40)64-61(66-62)41-24-10-7-11-25-41)33-51(68-55-37(3)19-14-28-46(55)47-29-15-20-38(4)56(47)68)59(50)69-57-39(5)21-16-30-48(57)52-58(69)49-31-43(49)34-63-52/h6-30,32-34H,31H2,1-5H3. The van der Waals surface area contributed by atoms with E-state index >= 15 is 0 Å². The molecule has 8 aromatic carbocycles. The van der Waals surface area contributed by atoms with Gasteiger partial charge in [-0.2, -0.15) is 0 Å². The lowest BCUT2D eigenvalue weighted by atomic mass is 10.1. The molecule has 5 aromatic heterocycles. The van der Waals surface area contributed by atoms with Gasteiger partial charge >= 0.3 is 0 Å². The van der Waals surface area contributed by atoms with Gasteiger partial charge in [-0.15, -0.1) is 0 Å². The molecule has 0 unspecified atom stereocenters. The molecule has 0 N–H and O–H groups in total. The maximum Gasteiger partial charge on any atom is 0.164 e. The molecule has 0 aliphatic heterocycles. The molecule has 0 saturated carbocycles. The van der Waals surface area contributed by atoms with Gasteiger partial charge in [0.15, 0.2) is 17.5 Å². The monoisotopic (exact) mass is 887 g/mol. The van der Waals surface area contributed by atoms with Gasteiger partial charge in [-0.05, 0) is 85.7 Å². The van der Waals surface area contributed by atoms with Crippen molar-refractivity contribution in [3.8, 4) is 51.2 Å². The van der Waals surface area contributed by atoms with Gasteiger partial charge in [-0.3, -0.25) is 4.98 Å². The Bertz CT molecular complexity index is 3980. The third kappa shape index (κ3) is 5.74. The van der Waals surface area contributed by atoms with Crippen molar-refractivity contribution in [1.29, 1.82) is 0 Å². The van der Waals surface area contributed by atoms with E-state index in [0.717, 1.165) is 84.2 Å². The minimum absolute atomic E-state index is 0.590. The largest absolute Gasteiger partial charge is 0.306 e. The van der Waals surface area contributed by atoms with E-state index < -0.39 is 0 Å². The Kier molecular flexibility index (Phi) is 8.39. The van der Waals surface area contributed by atoms with Crippen LogP contribution in [0.4, 0.5) is 0 Å². The lowest BCUT2D eigenvalue weighted by molar-refractivity contribution is 1.03. The van der Waals surface area contributed by atoms with Crippen LogP contribution in [0.25, 0.3) is 117 Å². The Hall–Kier alpha value is -8.68. The number of hydrogen-bond donors (Lipinski definition) is 0. The van der Waals surface area contributed by atoms with Gasteiger partial charge in [-0.25, -0.2) is 15.0 Å². The van der Waals surface area contributed by atoms with Crippen LogP contribution in [-0.2, 0) is 6.42 Å². The molecule has 0 fully saturated rings. The first-order valence-electron chi connectivity index (χ1n) is 23.8. The number of rotatable bonds is 6. The summed E-state index contributed by atoms with van der Waals surface area (Å²) in [6.07, 6.45) is 2.99. The Morgan fingerprint density at radius 2 is 0.739 bits per heavy atom. The minimum Gasteiger partial charge on any atom is -0.306 e. The fourth-order valence-electron chi connectivity index (χ4n) is 11.4. The first-order valence-corrected chi connectivity index (χ1v) is 23.8. The molecule has 13 aromatic rings. The zero-order valence-corrected chi connectivity index (χ0v) is 39.0. The van der Waals surface area contributed by atoms with Gasteiger partial charge in [0.25, 0.3) is 0 Å². The van der Waals surface area contributed by atoms with E-state index in [1.54, 1.807) is 0 Å². The molecule has 14 rings (SSSR count). The molecule has 1 aliphatic rings. The van der Waals surface area contributed by atoms with Gasteiger partial charge in [0.1, 0.15) is 0 Å². The Labute approximate surface area is 398 Å². The first kappa shape index (κ1) is 39.5. The van der Waals surface area contributed by atoms with E-state index in [4.69, 9.17) is 19.9 Å². The molecule has 328 valence electrons. The maximum absolute atomic E-state index is 5.44. The van der Waals surface area contributed by atoms with Gasteiger partial charge in [0, 0.05) is 56.2 Å². The summed E-state index contributed by atoms with van der Waals surface area (Å²) in [4.78, 5) is 21.3. The topological polar surface area (TPSA) is 66.3 Å². The fraction of sp³-hybridized carbons (Fsp3) is 0.0968. The average Bonchev–Trinajstić information content (AvgIpc) is 3.82. The number of benzene rings is 8. The number of aromatic nitrogens is 7. The molecule has 1 aliphatic carbocycles. The van der Waals surface area contributed by atoms with Crippen LogP contribution in [0.1, 0.15) is 38.9 Å². The van der Waals surface area contributed by atoms with Crippen LogP contribution in [0.3, 0.4) is 0 Å². The quantitative estimate of drug-likeness (QED) is 0.167. The van der Waals surface area contributed by atoms with Crippen LogP contribution >= 0.6 is 0 Å². The summed E-state index contributed by atoms with van der Waals surface area (Å²) in [6, 6.07) is 58.8. The van der Waals surface area contributed by atoms with Crippen molar-refractivity contribution in [1.82, 2.24) is 33.6 Å². The minimum atomic E-state index is 0.590. The molecule has 0 saturated heterocycles. The number of fused-ring (bicyclic) bond motifs is 11. The second-order valence-electron chi connectivity index (χ2n) is 18.9. The van der Waals surface area contributed by atoms with Crippen molar-refractivity contribution in [3.05, 3.63) is 209 Å². The van der Waals surface area contributed by atoms with E-state index in [2.05, 4.69) is 182 Å². The highest BCUT2D eigenvalue weighted by Gasteiger charge is 2.32. The molecular weight excluding hydrogens is 843 g/mol. The maximum atomic E-state index is 5.44. The van der Waals surface area contributed by atoms with Crippen LogP contribution in [0.5, 0.6) is 0 Å². The zero-order valence-electron chi connectivity index (χ0n) is 39.0. The molecule has 0 radical (unpaired) electrons. The smallest absolute Gasteiger partial charge is 0.164 e. The molecule has 0 atom stereocenters. The highest BCUT2D eigenvalue weighted by Crippen LogP contribution is 2.48. The van der Waals surface area contributed by atoms with Gasteiger partial charge in [0.2, 0.25) is 0 Å². The molecule has 0 amide bonds. The van der Waals surface area contributed by atoms with Crippen LogP contribution in [0, 0.1) is 34.6 Å². The molecule has 69 heavy (non-hydrogen) atoms. The number of pyridine rings is 1. The van der Waals surface area contributed by atoms with E-state index in [0.29, 0.717) is 17.5 Å². The van der Waals surface area contributed by atoms with Crippen LogP contribution in [-0.4, -0.2) is 33.6 Å². The number of nitrogens with zero attached hydrogens (tertiary/aromatic N) is 7. The van der Waals surface area contributed by atoms with Crippen molar-refractivity contribution in [2.24, 2.45) is 0 Å². The van der Waals surface area contributed by atoms with E-state index in [9.17, 15) is 0 Å². The zero-order chi connectivity index (χ0) is 46.2. The predicted molar refractivity (Wildman–Crippen MR) is 283 cm³/mol. The van der Waals surface area contributed by atoms with Crippen LogP contribution < -0.4 is 0 Å². The number of para-hydroxylation sites is 5. The Morgan fingerprint density at radius 3 is 1.16 bits per heavy atom. The number of aryl methyl sites for hydroxylation is 5. The summed E-state index contributed by atoms with van der Waals surface area (Å²) in [7, 11) is 0. The van der Waals surface area contributed by atoms with Crippen molar-refractivity contribution in [2.75, 3.05) is 0 Å². The molecule has 7 heteroatoms. The average molecular weight is 888 g/mol. The summed E-state index contributed by atoms with van der Waals surface area (Å²) in [6.45, 7) is 11.2. The Morgan fingerprint density at radius 1 is 0.362 bits per heavy atom. The Balaban J connectivity index is 1.26.